The molecule has 4 heterocycles. The molecule has 0 amide bonds. The maximum absolute atomic E-state index is 16.0. The number of rotatable bonds is 13. The predicted octanol–water partition coefficient (Wildman–Crippen LogP) is 6.75. The minimum Gasteiger partial charge on any atom is -0.459 e. The summed E-state index contributed by atoms with van der Waals surface area (Å²) in [5, 5.41) is 3.25. The molecule has 0 spiro atoms. The van der Waals surface area contributed by atoms with Gasteiger partial charge in [-0.05, 0) is 76.4 Å². The molecule has 1 saturated heterocycles. The number of hydrogen-bond acceptors (Lipinski definition) is 11. The quantitative estimate of drug-likeness (QED) is 0.0948. The van der Waals surface area contributed by atoms with E-state index in [-0.39, 0.29) is 51.3 Å². The number of nitrogens with zero attached hydrogens (tertiary/aromatic N) is 6. The molecule has 19 heteroatoms. The first-order valence-electron chi connectivity index (χ1n) is 18.6. The van der Waals surface area contributed by atoms with Crippen molar-refractivity contribution in [2.24, 2.45) is 5.92 Å². The number of nitrogens with one attached hydrogen (secondary N) is 2. The Hall–Kier alpha value is -5.07. The zero-order valence-corrected chi connectivity index (χ0v) is 35.2. The highest BCUT2D eigenvalue weighted by molar-refractivity contribution is 7.90. The van der Waals surface area contributed by atoms with Gasteiger partial charge in [-0.25, -0.2) is 23.7 Å². The summed E-state index contributed by atoms with van der Waals surface area (Å²) in [6.07, 6.45) is 7.38. The Morgan fingerprint density at radius 2 is 1.61 bits per heavy atom. The highest BCUT2D eigenvalue weighted by Gasteiger charge is 2.30. The lowest BCUT2D eigenvalue weighted by molar-refractivity contribution is -0.153. The predicted molar refractivity (Wildman–Crippen MR) is 221 cm³/mol. The van der Waals surface area contributed by atoms with Gasteiger partial charge < -0.3 is 15.0 Å². The van der Waals surface area contributed by atoms with E-state index in [1.54, 1.807) is 25.4 Å². The van der Waals surface area contributed by atoms with Crippen LogP contribution < -0.4 is 14.9 Å². The van der Waals surface area contributed by atoms with Gasteiger partial charge in [0.25, 0.3) is 5.91 Å². The number of ether oxygens (including phenoxy) is 1. The van der Waals surface area contributed by atoms with Crippen LogP contribution in [0.1, 0.15) is 66.8 Å². The molecule has 0 saturated carbocycles. The summed E-state index contributed by atoms with van der Waals surface area (Å²) in [4.78, 5) is 55.9. The molecule has 1 aliphatic heterocycles. The molecule has 2 aromatic carbocycles. The third-order valence-electron chi connectivity index (χ3n) is 9.69. The van der Waals surface area contributed by atoms with Crippen LogP contribution in [0.2, 0.25) is 10.0 Å². The molecule has 0 radical (unpaired) electrons. The number of carbonyl (C=O) groups is 3. The van der Waals surface area contributed by atoms with Gasteiger partial charge in [0.15, 0.2) is 5.82 Å². The first-order valence-corrected chi connectivity index (χ1v) is 20.8. The van der Waals surface area contributed by atoms with Gasteiger partial charge >= 0.3 is 16.2 Å². The van der Waals surface area contributed by atoms with Crippen molar-refractivity contribution in [2.45, 2.75) is 46.1 Å². The Morgan fingerprint density at radius 3 is 2.24 bits per heavy atom. The van der Waals surface area contributed by atoms with Crippen molar-refractivity contribution < 1.29 is 36.3 Å². The second-order valence-corrected chi connectivity index (χ2v) is 17.6. The molecule has 312 valence electrons. The van der Waals surface area contributed by atoms with E-state index in [4.69, 9.17) is 27.9 Å². The second-order valence-electron chi connectivity index (χ2n) is 15.0. The lowest BCUT2D eigenvalue weighted by Gasteiger charge is -2.32. The van der Waals surface area contributed by atoms with Crippen molar-refractivity contribution in [2.75, 3.05) is 49.4 Å². The Balaban J connectivity index is 1.29. The molecular weight excluding hydrogens is 829 g/mol. The Bertz CT molecular complexity index is 2500. The van der Waals surface area contributed by atoms with E-state index in [0.717, 1.165) is 40.0 Å². The van der Waals surface area contributed by atoms with Crippen molar-refractivity contribution in [1.29, 1.82) is 0 Å². The number of pyridine rings is 1. The monoisotopic (exact) mass is 870 g/mol. The van der Waals surface area contributed by atoms with Crippen molar-refractivity contribution in [3.63, 3.8) is 0 Å². The summed E-state index contributed by atoms with van der Waals surface area (Å²) < 4.78 is 66.2. The molecule has 14 nitrogen and oxygen atoms in total. The van der Waals surface area contributed by atoms with E-state index >= 15 is 8.78 Å². The third-order valence-corrected chi connectivity index (χ3v) is 11.9. The molecule has 0 aliphatic carbocycles. The molecule has 2 N–H and O–H groups in total. The Labute approximate surface area is 350 Å². The minimum absolute atomic E-state index is 0.0132. The molecule has 1 fully saturated rings. The van der Waals surface area contributed by atoms with Crippen LogP contribution in [0.3, 0.4) is 0 Å². The maximum atomic E-state index is 16.0. The molecule has 59 heavy (non-hydrogen) atoms. The summed E-state index contributed by atoms with van der Waals surface area (Å²) in [6, 6.07) is 7.60. The van der Waals surface area contributed by atoms with E-state index in [2.05, 4.69) is 29.9 Å². The number of esters is 1. The fourth-order valence-electron chi connectivity index (χ4n) is 6.51. The Morgan fingerprint density at radius 1 is 0.966 bits per heavy atom. The number of halogens is 4. The lowest BCUT2D eigenvalue weighted by atomic mass is 9.97. The van der Waals surface area contributed by atoms with E-state index in [9.17, 15) is 22.8 Å². The SMILES string of the molecule is CCN(C)S(=O)(=O)Nc1ccc(F)c(C(=O)c2cn(C(=O)c3c(Cl)cccc3Cl)c3ncc(-c4cnc(N5CCC(CNCC(=O)OC(C)(C)C)CC5)nc4)cc23)c1F. The molecule has 1 aliphatic rings. The van der Waals surface area contributed by atoms with Gasteiger partial charge in [0.05, 0.1) is 39.0 Å². The fourth-order valence-corrected chi connectivity index (χ4v) is 8.00. The molecular formula is C40H42Cl2F2N8O6S. The summed E-state index contributed by atoms with van der Waals surface area (Å²) in [6.45, 7) is 9.28. The first kappa shape index (κ1) is 43.5. The number of piperidine rings is 1. The van der Waals surface area contributed by atoms with Crippen molar-refractivity contribution >= 4 is 73.7 Å². The maximum Gasteiger partial charge on any atom is 0.320 e. The topological polar surface area (TPSA) is 169 Å². The average Bonchev–Trinajstić information content (AvgIpc) is 3.57. The second kappa shape index (κ2) is 17.6. The third kappa shape index (κ3) is 9.71. The standard InChI is InChI=1S/C40H42Cl2F2N8O6S/c1-6-50(5)59(56,57)49-31-11-10-30(43)34(35(31)44)36(54)27-22-52(38(55)33-28(41)8-7-9-29(33)42)37-26(27)16-24(18-46-37)25-19-47-39(48-20-25)51-14-12-23(13-15-51)17-45-21-32(53)58-40(2,3)4/h7-11,16,18-20,22-23,45,49H,6,12-15,17,21H2,1-5H3. The van der Waals surface area contributed by atoms with Gasteiger partial charge in [0.1, 0.15) is 17.1 Å². The number of carbonyl (C=O) groups excluding carboxylic acids is 3. The molecule has 0 unspecified atom stereocenters. The van der Waals surface area contributed by atoms with Gasteiger partial charge in [-0.2, -0.15) is 12.7 Å². The molecule has 0 atom stereocenters. The largest absolute Gasteiger partial charge is 0.459 e. The van der Waals surface area contributed by atoms with Gasteiger partial charge in [-0.3, -0.25) is 23.7 Å². The van der Waals surface area contributed by atoms with Crippen LogP contribution in [0.15, 0.2) is 61.2 Å². The number of ketones is 1. The van der Waals surface area contributed by atoms with Crippen LogP contribution in [0, 0.1) is 17.6 Å². The van der Waals surface area contributed by atoms with Gasteiger partial charge in [0, 0.05) is 68.0 Å². The number of fused-ring (bicyclic) bond motifs is 1. The van der Waals surface area contributed by atoms with Crippen LogP contribution in [0.5, 0.6) is 0 Å². The van der Waals surface area contributed by atoms with Crippen molar-refractivity contribution in [3.05, 3.63) is 99.6 Å². The van der Waals surface area contributed by atoms with Gasteiger partial charge in [-0.15, -0.1) is 0 Å². The van der Waals surface area contributed by atoms with Gasteiger partial charge in [-0.1, -0.05) is 36.2 Å². The zero-order chi connectivity index (χ0) is 42.8. The van der Waals surface area contributed by atoms with Crippen LogP contribution in [0.25, 0.3) is 22.2 Å². The highest BCUT2D eigenvalue weighted by Crippen LogP contribution is 2.33. The summed E-state index contributed by atoms with van der Waals surface area (Å²) >= 11 is 12.7. The number of benzene rings is 2. The molecule has 0 bridgehead atoms. The summed E-state index contributed by atoms with van der Waals surface area (Å²) in [5.41, 5.74) is -1.84. The van der Waals surface area contributed by atoms with Crippen LogP contribution in [-0.4, -0.2) is 95.3 Å². The lowest BCUT2D eigenvalue weighted by Crippen LogP contribution is -2.39. The highest BCUT2D eigenvalue weighted by atomic mass is 35.5. The molecule has 3 aromatic heterocycles. The fraction of sp³-hybridized carbons (Fsp3) is 0.350. The Kier molecular flexibility index (Phi) is 13.0. The first-order chi connectivity index (χ1) is 27.9. The number of anilines is 2. The zero-order valence-electron chi connectivity index (χ0n) is 32.9. The van der Waals surface area contributed by atoms with E-state index < -0.39 is 50.4 Å². The van der Waals surface area contributed by atoms with Crippen LogP contribution in [0.4, 0.5) is 20.4 Å². The average molecular weight is 872 g/mol. The van der Waals surface area contributed by atoms with E-state index in [0.29, 0.717) is 42.6 Å². The van der Waals surface area contributed by atoms with E-state index in [1.165, 1.54) is 31.4 Å². The summed E-state index contributed by atoms with van der Waals surface area (Å²) in [5.74, 6) is -4.14. The molecule has 5 aromatic rings. The normalized spacial score (nSPS) is 13.9. The van der Waals surface area contributed by atoms with Gasteiger partial charge in [0.2, 0.25) is 11.7 Å². The van der Waals surface area contributed by atoms with Crippen LogP contribution >= 0.6 is 23.2 Å². The summed E-state index contributed by atoms with van der Waals surface area (Å²) in [7, 11) is -2.99. The number of hydrogen-bond donors (Lipinski definition) is 2. The number of aromatic nitrogens is 4. The molecule has 6 rings (SSSR count). The van der Waals surface area contributed by atoms with E-state index in [1.807, 2.05) is 20.8 Å². The van der Waals surface area contributed by atoms with Crippen LogP contribution in [-0.2, 0) is 19.7 Å². The van der Waals surface area contributed by atoms with Crippen molar-refractivity contribution in [1.82, 2.24) is 29.1 Å². The minimum atomic E-state index is -4.25. The van der Waals surface area contributed by atoms with Crippen molar-refractivity contribution in [3.8, 4) is 11.1 Å². The smallest absolute Gasteiger partial charge is 0.320 e.